The van der Waals surface area contributed by atoms with Crippen LogP contribution >= 0.6 is 0 Å². The summed E-state index contributed by atoms with van der Waals surface area (Å²) >= 11 is 0. The van der Waals surface area contributed by atoms with E-state index in [9.17, 15) is 0 Å². The van der Waals surface area contributed by atoms with E-state index in [1.54, 1.807) is 0 Å². The van der Waals surface area contributed by atoms with Crippen molar-refractivity contribution < 1.29 is 0 Å². The molecule has 3 rings (SSSR count). The molecule has 2 nitrogen and oxygen atoms in total. The number of pyridine rings is 1. The first-order chi connectivity index (χ1) is 8.57. The first-order valence-electron chi connectivity index (χ1n) is 6.77. The Hall–Kier alpha value is -1.41. The summed E-state index contributed by atoms with van der Waals surface area (Å²) in [4.78, 5) is 4.83. The van der Waals surface area contributed by atoms with Gasteiger partial charge in [0.25, 0.3) is 0 Å². The van der Waals surface area contributed by atoms with Gasteiger partial charge in [-0.3, -0.25) is 4.98 Å². The molecule has 1 aromatic carbocycles. The van der Waals surface area contributed by atoms with Gasteiger partial charge in [0.2, 0.25) is 0 Å². The standard InChI is InChI=1S/C16H20N2/c1-16(2,17)15-11-7-3-5-9-13(11)18-14-10-6-4-8-12(14)15/h3,5,7,9H,4,6,8,10,17H2,1-2H3. The molecular formula is C16H20N2. The highest BCUT2D eigenvalue weighted by molar-refractivity contribution is 5.84. The Kier molecular flexibility index (Phi) is 2.63. The van der Waals surface area contributed by atoms with E-state index in [0.717, 1.165) is 18.4 Å². The molecule has 1 heterocycles. The summed E-state index contributed by atoms with van der Waals surface area (Å²) in [6.07, 6.45) is 4.74. The topological polar surface area (TPSA) is 38.9 Å². The van der Waals surface area contributed by atoms with Crippen molar-refractivity contribution in [3.05, 3.63) is 41.1 Å². The summed E-state index contributed by atoms with van der Waals surface area (Å²) < 4.78 is 0. The van der Waals surface area contributed by atoms with Crippen molar-refractivity contribution in [1.29, 1.82) is 0 Å². The van der Waals surface area contributed by atoms with Gasteiger partial charge in [-0.25, -0.2) is 0 Å². The van der Waals surface area contributed by atoms with Gasteiger partial charge in [-0.05, 0) is 56.7 Å². The minimum Gasteiger partial charge on any atom is -0.322 e. The summed E-state index contributed by atoms with van der Waals surface area (Å²) in [5, 5.41) is 1.23. The van der Waals surface area contributed by atoms with Gasteiger partial charge in [0, 0.05) is 16.6 Å². The molecule has 0 atom stereocenters. The van der Waals surface area contributed by atoms with Crippen LogP contribution in [0.3, 0.4) is 0 Å². The van der Waals surface area contributed by atoms with E-state index in [2.05, 4.69) is 38.1 Å². The Morgan fingerprint density at radius 1 is 1.11 bits per heavy atom. The van der Waals surface area contributed by atoms with Gasteiger partial charge < -0.3 is 5.73 Å². The molecular weight excluding hydrogens is 220 g/mol. The van der Waals surface area contributed by atoms with E-state index in [1.807, 2.05) is 0 Å². The van der Waals surface area contributed by atoms with Crippen LogP contribution in [0.2, 0.25) is 0 Å². The largest absolute Gasteiger partial charge is 0.322 e. The van der Waals surface area contributed by atoms with Gasteiger partial charge in [0.15, 0.2) is 0 Å². The lowest BCUT2D eigenvalue weighted by Gasteiger charge is -2.28. The molecule has 1 aliphatic rings. The van der Waals surface area contributed by atoms with Crippen LogP contribution in [0.25, 0.3) is 10.9 Å². The molecule has 0 saturated carbocycles. The highest BCUT2D eigenvalue weighted by Gasteiger charge is 2.25. The lowest BCUT2D eigenvalue weighted by molar-refractivity contribution is 0.541. The zero-order chi connectivity index (χ0) is 12.8. The molecule has 0 radical (unpaired) electrons. The zero-order valence-corrected chi connectivity index (χ0v) is 11.2. The molecule has 2 N–H and O–H groups in total. The highest BCUT2D eigenvalue weighted by Crippen LogP contribution is 2.34. The lowest BCUT2D eigenvalue weighted by atomic mass is 9.82. The number of nitrogens with two attached hydrogens (primary N) is 1. The predicted octanol–water partition coefficient (Wildman–Crippen LogP) is 3.31. The fourth-order valence-electron chi connectivity index (χ4n) is 3.11. The minimum absolute atomic E-state index is 0.302. The number of fused-ring (bicyclic) bond motifs is 2. The quantitative estimate of drug-likeness (QED) is 0.830. The van der Waals surface area contributed by atoms with E-state index >= 15 is 0 Å². The first-order valence-corrected chi connectivity index (χ1v) is 6.77. The van der Waals surface area contributed by atoms with E-state index in [4.69, 9.17) is 10.7 Å². The zero-order valence-electron chi connectivity index (χ0n) is 11.2. The molecule has 0 aliphatic heterocycles. The van der Waals surface area contributed by atoms with Crippen molar-refractivity contribution in [2.45, 2.75) is 45.1 Å². The molecule has 2 heteroatoms. The monoisotopic (exact) mass is 240 g/mol. The molecule has 0 fully saturated rings. The number of para-hydroxylation sites is 1. The van der Waals surface area contributed by atoms with Gasteiger partial charge in [-0.2, -0.15) is 0 Å². The summed E-state index contributed by atoms with van der Waals surface area (Å²) in [6, 6.07) is 8.38. The summed E-state index contributed by atoms with van der Waals surface area (Å²) in [6.45, 7) is 4.20. The first kappa shape index (κ1) is 11.7. The Labute approximate surface area is 108 Å². The summed E-state index contributed by atoms with van der Waals surface area (Å²) in [5.41, 5.74) is 11.2. The van der Waals surface area contributed by atoms with Crippen molar-refractivity contribution in [1.82, 2.24) is 4.98 Å². The van der Waals surface area contributed by atoms with Crippen molar-refractivity contribution >= 4 is 10.9 Å². The third-order valence-electron chi connectivity index (χ3n) is 3.81. The normalized spacial score (nSPS) is 15.7. The fraction of sp³-hybridized carbons (Fsp3) is 0.438. The van der Waals surface area contributed by atoms with Crippen LogP contribution in [0, 0.1) is 0 Å². The van der Waals surface area contributed by atoms with Gasteiger partial charge in [-0.15, -0.1) is 0 Å². The van der Waals surface area contributed by atoms with Crippen molar-refractivity contribution in [3.63, 3.8) is 0 Å². The Morgan fingerprint density at radius 2 is 1.83 bits per heavy atom. The molecule has 94 valence electrons. The molecule has 0 spiro atoms. The van der Waals surface area contributed by atoms with Crippen LogP contribution in [0.4, 0.5) is 0 Å². The number of hydrogen-bond donors (Lipinski definition) is 1. The number of benzene rings is 1. The van der Waals surface area contributed by atoms with Crippen LogP contribution < -0.4 is 5.73 Å². The van der Waals surface area contributed by atoms with Gasteiger partial charge in [-0.1, -0.05) is 18.2 Å². The van der Waals surface area contributed by atoms with E-state index in [1.165, 1.54) is 35.0 Å². The Morgan fingerprint density at radius 3 is 2.61 bits per heavy atom. The van der Waals surface area contributed by atoms with E-state index in [-0.39, 0.29) is 5.54 Å². The second kappa shape index (κ2) is 4.06. The SMILES string of the molecule is CC(C)(N)c1c2c(nc3ccccc13)CCCC2. The Bertz CT molecular complexity index is 594. The fourth-order valence-corrected chi connectivity index (χ4v) is 3.11. The maximum absolute atomic E-state index is 6.42. The number of hydrogen-bond acceptors (Lipinski definition) is 2. The number of aryl methyl sites for hydroxylation is 1. The van der Waals surface area contributed by atoms with E-state index in [0.29, 0.717) is 0 Å². The average molecular weight is 240 g/mol. The predicted molar refractivity (Wildman–Crippen MR) is 75.6 cm³/mol. The number of nitrogens with zero attached hydrogens (tertiary/aromatic N) is 1. The van der Waals surface area contributed by atoms with Crippen molar-refractivity contribution in [2.75, 3.05) is 0 Å². The number of aromatic nitrogens is 1. The lowest BCUT2D eigenvalue weighted by Crippen LogP contribution is -2.31. The van der Waals surface area contributed by atoms with Crippen LogP contribution in [0.1, 0.15) is 43.5 Å². The molecule has 18 heavy (non-hydrogen) atoms. The third kappa shape index (κ3) is 1.81. The third-order valence-corrected chi connectivity index (χ3v) is 3.81. The van der Waals surface area contributed by atoms with Crippen LogP contribution in [-0.2, 0) is 18.4 Å². The molecule has 2 aromatic rings. The van der Waals surface area contributed by atoms with Crippen LogP contribution in [0.5, 0.6) is 0 Å². The summed E-state index contributed by atoms with van der Waals surface area (Å²) in [5.74, 6) is 0. The molecule has 0 unspecified atom stereocenters. The van der Waals surface area contributed by atoms with Gasteiger partial charge >= 0.3 is 0 Å². The van der Waals surface area contributed by atoms with Crippen molar-refractivity contribution in [3.8, 4) is 0 Å². The molecule has 0 saturated heterocycles. The molecule has 0 bridgehead atoms. The van der Waals surface area contributed by atoms with Gasteiger partial charge in [0.05, 0.1) is 5.52 Å². The molecule has 1 aromatic heterocycles. The molecule has 0 amide bonds. The maximum Gasteiger partial charge on any atom is 0.0708 e. The molecule has 1 aliphatic carbocycles. The van der Waals surface area contributed by atoms with Crippen LogP contribution in [0.15, 0.2) is 24.3 Å². The highest BCUT2D eigenvalue weighted by atomic mass is 14.8. The van der Waals surface area contributed by atoms with E-state index < -0.39 is 0 Å². The van der Waals surface area contributed by atoms with Gasteiger partial charge in [0.1, 0.15) is 0 Å². The summed E-state index contributed by atoms with van der Waals surface area (Å²) in [7, 11) is 0. The maximum atomic E-state index is 6.42. The number of rotatable bonds is 1. The van der Waals surface area contributed by atoms with Crippen molar-refractivity contribution in [2.24, 2.45) is 5.73 Å². The minimum atomic E-state index is -0.302. The smallest absolute Gasteiger partial charge is 0.0708 e. The average Bonchev–Trinajstić information content (AvgIpc) is 2.34. The van der Waals surface area contributed by atoms with Crippen LogP contribution in [-0.4, -0.2) is 4.98 Å². The Balaban J connectivity index is 2.40. The second-order valence-corrected chi connectivity index (χ2v) is 5.86. The second-order valence-electron chi connectivity index (χ2n) is 5.86.